The molecule has 0 aliphatic carbocycles. The Balaban J connectivity index is 1.63. The Bertz CT molecular complexity index is 940. The van der Waals surface area contributed by atoms with Crippen molar-refractivity contribution in [2.24, 2.45) is 11.8 Å². The van der Waals surface area contributed by atoms with Crippen molar-refractivity contribution in [2.45, 2.75) is 32.0 Å². The number of carboxylic acids is 1. The zero-order valence-electron chi connectivity index (χ0n) is 15.8. The van der Waals surface area contributed by atoms with Gasteiger partial charge in [0.25, 0.3) is 0 Å². The van der Waals surface area contributed by atoms with E-state index in [1.807, 2.05) is 30.3 Å². The zero-order chi connectivity index (χ0) is 20.5. The van der Waals surface area contributed by atoms with Gasteiger partial charge in [-0.25, -0.2) is 4.79 Å². The van der Waals surface area contributed by atoms with Crippen LogP contribution in [0.25, 0.3) is 10.4 Å². The Hall–Kier alpha value is -2.71. The Morgan fingerprint density at radius 3 is 2.52 bits per heavy atom. The zero-order valence-corrected chi connectivity index (χ0v) is 16.6. The third-order valence-corrected chi connectivity index (χ3v) is 6.48. The molecule has 2 N–H and O–H groups in total. The molecule has 0 radical (unpaired) electrons. The number of amides is 1. The highest BCUT2D eigenvalue weighted by Gasteiger charge is 2.55. The molecule has 1 aromatic carbocycles. The molecule has 152 valence electrons. The number of hydrogen-bond donors (Lipinski definition) is 2. The first-order valence-corrected chi connectivity index (χ1v) is 10.4. The maximum atomic E-state index is 13.0. The van der Waals surface area contributed by atoms with Crippen LogP contribution in [-0.4, -0.2) is 41.8 Å². The molecule has 8 heteroatoms. The number of thiophene rings is 1. The first-order valence-electron chi connectivity index (χ1n) is 9.55. The van der Waals surface area contributed by atoms with Crippen molar-refractivity contribution in [3.05, 3.63) is 42.0 Å². The summed E-state index contributed by atoms with van der Waals surface area (Å²) < 4.78 is 10.8. The maximum absolute atomic E-state index is 13.0. The summed E-state index contributed by atoms with van der Waals surface area (Å²) in [6, 6.07) is 11.2. The van der Waals surface area contributed by atoms with Gasteiger partial charge in [0.2, 0.25) is 5.91 Å². The lowest BCUT2D eigenvalue weighted by atomic mass is 9.79. The molecule has 2 saturated heterocycles. The van der Waals surface area contributed by atoms with Gasteiger partial charge in [0.05, 0.1) is 36.2 Å². The highest BCUT2D eigenvalue weighted by molar-refractivity contribution is 7.20. The van der Waals surface area contributed by atoms with Gasteiger partial charge in [0, 0.05) is 4.88 Å². The van der Waals surface area contributed by atoms with Crippen molar-refractivity contribution in [1.82, 2.24) is 0 Å². The lowest BCUT2D eigenvalue weighted by Crippen LogP contribution is -2.41. The molecule has 2 fully saturated rings. The molecule has 4 rings (SSSR count). The van der Waals surface area contributed by atoms with Gasteiger partial charge in [0.1, 0.15) is 5.00 Å². The molecule has 1 amide bonds. The van der Waals surface area contributed by atoms with E-state index in [-0.39, 0.29) is 12.2 Å². The van der Waals surface area contributed by atoms with Crippen molar-refractivity contribution in [1.29, 1.82) is 0 Å². The molecule has 2 aliphatic heterocycles. The third-order valence-electron chi connectivity index (χ3n) is 5.38. The fraction of sp³-hybridized carbons (Fsp3) is 0.381. The number of benzene rings is 1. The van der Waals surface area contributed by atoms with E-state index in [0.717, 1.165) is 10.4 Å². The number of carboxylic acid groups (broad SMARTS) is 1. The highest BCUT2D eigenvalue weighted by Crippen LogP contribution is 2.45. The van der Waals surface area contributed by atoms with Crippen LogP contribution in [0.15, 0.2) is 36.4 Å². The molecule has 4 atom stereocenters. The van der Waals surface area contributed by atoms with Crippen molar-refractivity contribution >= 4 is 34.2 Å². The lowest BCUT2D eigenvalue weighted by Gasteiger charge is -2.23. The Morgan fingerprint density at radius 2 is 1.86 bits per heavy atom. The van der Waals surface area contributed by atoms with Crippen LogP contribution in [0.1, 0.15) is 30.1 Å². The van der Waals surface area contributed by atoms with Crippen LogP contribution in [0.4, 0.5) is 5.00 Å². The van der Waals surface area contributed by atoms with Crippen LogP contribution in [0, 0.1) is 11.8 Å². The minimum absolute atomic E-state index is 0.212. The van der Waals surface area contributed by atoms with Gasteiger partial charge in [-0.2, -0.15) is 0 Å². The van der Waals surface area contributed by atoms with E-state index in [1.54, 1.807) is 13.0 Å². The molecule has 3 heterocycles. The minimum atomic E-state index is -1.03. The van der Waals surface area contributed by atoms with E-state index in [1.165, 1.54) is 11.3 Å². The first kappa shape index (κ1) is 19.6. The largest absolute Gasteiger partial charge is 0.481 e. The van der Waals surface area contributed by atoms with Crippen LogP contribution in [0.2, 0.25) is 0 Å². The standard InChI is InChI=1S/C21H21NO6S/c1-2-27-21(26)12-10-15(11-6-4-3-5-7-11)29-19(12)22-18(23)16-13-8-9-14(28-13)17(16)20(24)25/h3-7,10,13-14,16-17H,2,8-9H2,1H3,(H,22,23)(H,24,25)/t13-,14-,16+,17-/m1/s1. The summed E-state index contributed by atoms with van der Waals surface area (Å²) >= 11 is 1.26. The number of nitrogens with one attached hydrogen (secondary N) is 1. The average molecular weight is 415 g/mol. The number of rotatable bonds is 6. The van der Waals surface area contributed by atoms with Gasteiger partial charge in [-0.3, -0.25) is 9.59 Å². The van der Waals surface area contributed by atoms with Gasteiger partial charge in [-0.15, -0.1) is 11.3 Å². The predicted octanol–water partition coefficient (Wildman–Crippen LogP) is 3.41. The van der Waals surface area contributed by atoms with E-state index in [4.69, 9.17) is 9.47 Å². The van der Waals surface area contributed by atoms with E-state index in [0.29, 0.717) is 17.8 Å². The van der Waals surface area contributed by atoms with Gasteiger partial charge in [-0.05, 0) is 31.4 Å². The second-order valence-corrected chi connectivity index (χ2v) is 8.16. The number of fused-ring (bicyclic) bond motifs is 2. The minimum Gasteiger partial charge on any atom is -0.481 e. The van der Waals surface area contributed by atoms with Crippen molar-refractivity contribution in [2.75, 3.05) is 11.9 Å². The molecule has 2 bridgehead atoms. The fourth-order valence-electron chi connectivity index (χ4n) is 4.11. The monoisotopic (exact) mass is 415 g/mol. The Morgan fingerprint density at radius 1 is 1.17 bits per heavy atom. The number of esters is 1. The van der Waals surface area contributed by atoms with Crippen LogP contribution in [0.5, 0.6) is 0 Å². The van der Waals surface area contributed by atoms with E-state index < -0.39 is 41.9 Å². The summed E-state index contributed by atoms with van der Waals surface area (Å²) in [6.07, 6.45) is 0.481. The second-order valence-electron chi connectivity index (χ2n) is 7.11. The van der Waals surface area contributed by atoms with Gasteiger partial charge in [0.15, 0.2) is 0 Å². The number of ether oxygens (including phenoxy) is 2. The molecule has 1 aromatic heterocycles. The molecule has 0 spiro atoms. The first-order chi connectivity index (χ1) is 14.0. The quantitative estimate of drug-likeness (QED) is 0.701. The lowest BCUT2D eigenvalue weighted by molar-refractivity contribution is -0.147. The van der Waals surface area contributed by atoms with E-state index in [9.17, 15) is 19.5 Å². The number of carbonyl (C=O) groups excluding carboxylic acids is 2. The van der Waals surface area contributed by atoms with Gasteiger partial charge in [-0.1, -0.05) is 30.3 Å². The third kappa shape index (κ3) is 3.65. The van der Waals surface area contributed by atoms with E-state index in [2.05, 4.69) is 5.32 Å². The molecule has 2 aliphatic rings. The molecular weight excluding hydrogens is 394 g/mol. The summed E-state index contributed by atoms with van der Waals surface area (Å²) in [6.45, 7) is 1.93. The molecule has 0 saturated carbocycles. The summed E-state index contributed by atoms with van der Waals surface area (Å²) in [5.41, 5.74) is 1.18. The normalized spacial score (nSPS) is 25.0. The molecule has 0 unspecified atom stereocenters. The van der Waals surface area contributed by atoms with Crippen LogP contribution < -0.4 is 5.32 Å². The van der Waals surface area contributed by atoms with Crippen LogP contribution >= 0.6 is 11.3 Å². The number of hydrogen-bond acceptors (Lipinski definition) is 6. The fourth-order valence-corrected chi connectivity index (χ4v) is 5.16. The molecule has 29 heavy (non-hydrogen) atoms. The van der Waals surface area contributed by atoms with Crippen molar-refractivity contribution < 1.29 is 29.0 Å². The Kier molecular flexibility index (Phi) is 5.38. The average Bonchev–Trinajstić information content (AvgIpc) is 3.43. The topological polar surface area (TPSA) is 102 Å². The van der Waals surface area contributed by atoms with Crippen molar-refractivity contribution in [3.63, 3.8) is 0 Å². The van der Waals surface area contributed by atoms with E-state index >= 15 is 0 Å². The molecule has 2 aromatic rings. The Labute approximate surface area is 171 Å². The van der Waals surface area contributed by atoms with Gasteiger partial charge < -0.3 is 19.9 Å². The maximum Gasteiger partial charge on any atom is 0.341 e. The molecular formula is C21H21NO6S. The predicted molar refractivity (Wildman–Crippen MR) is 107 cm³/mol. The van der Waals surface area contributed by atoms with Crippen molar-refractivity contribution in [3.8, 4) is 10.4 Å². The smallest absolute Gasteiger partial charge is 0.341 e. The summed E-state index contributed by atoms with van der Waals surface area (Å²) in [7, 11) is 0. The number of carbonyl (C=O) groups is 3. The van der Waals surface area contributed by atoms with Gasteiger partial charge >= 0.3 is 11.9 Å². The highest BCUT2D eigenvalue weighted by atomic mass is 32.1. The number of aliphatic carboxylic acids is 1. The summed E-state index contributed by atoms with van der Waals surface area (Å²) in [5, 5.41) is 12.7. The van der Waals surface area contributed by atoms with Crippen LogP contribution in [0.3, 0.4) is 0 Å². The SMILES string of the molecule is CCOC(=O)c1cc(-c2ccccc2)sc1NC(=O)[C@@H]1[C@H](C(=O)O)[C@H]2CC[C@H]1O2. The summed E-state index contributed by atoms with van der Waals surface area (Å²) in [4.78, 5) is 37.9. The summed E-state index contributed by atoms with van der Waals surface area (Å²) in [5.74, 6) is -3.63. The second kappa shape index (κ2) is 7.96. The number of anilines is 1. The molecule has 7 nitrogen and oxygen atoms in total. The van der Waals surface area contributed by atoms with Crippen LogP contribution in [-0.2, 0) is 19.1 Å².